The van der Waals surface area contributed by atoms with Crippen LogP contribution in [0.1, 0.15) is 25.3 Å². The number of aromatic amines is 1. The van der Waals surface area contributed by atoms with Crippen LogP contribution in [0.25, 0.3) is 11.0 Å². The lowest BCUT2D eigenvalue weighted by atomic mass is 10.0. The molecule has 3 nitrogen and oxygen atoms in total. The molecule has 2 unspecified atom stereocenters. The molecule has 2 atom stereocenters. The van der Waals surface area contributed by atoms with Gasteiger partial charge in [0.1, 0.15) is 23.3 Å². The zero-order chi connectivity index (χ0) is 12.0. The van der Waals surface area contributed by atoms with Crippen LogP contribution >= 0.6 is 0 Å². The van der Waals surface area contributed by atoms with Gasteiger partial charge in [0.2, 0.25) is 0 Å². The van der Waals surface area contributed by atoms with Crippen molar-refractivity contribution >= 4 is 11.0 Å². The fourth-order valence-electron chi connectivity index (χ4n) is 2.24. The Morgan fingerprint density at radius 3 is 2.94 bits per heavy atom. The highest BCUT2D eigenvalue weighted by Crippen LogP contribution is 2.33. The third-order valence-corrected chi connectivity index (χ3v) is 3.18. The van der Waals surface area contributed by atoms with Gasteiger partial charge in [0, 0.05) is 12.7 Å². The lowest BCUT2D eigenvalue weighted by Crippen LogP contribution is -2.05. The van der Waals surface area contributed by atoms with E-state index in [9.17, 15) is 8.78 Å². The topological polar surface area (TPSA) is 37.9 Å². The van der Waals surface area contributed by atoms with E-state index in [1.54, 1.807) is 0 Å². The van der Waals surface area contributed by atoms with E-state index >= 15 is 0 Å². The number of nitrogens with zero attached hydrogens (tertiary/aromatic N) is 1. The predicted octanol–water partition coefficient (Wildman–Crippen LogP) is 2.94. The van der Waals surface area contributed by atoms with E-state index < -0.39 is 11.6 Å². The minimum absolute atomic E-state index is 0.148. The van der Waals surface area contributed by atoms with Crippen molar-refractivity contribution in [1.29, 1.82) is 0 Å². The molecule has 17 heavy (non-hydrogen) atoms. The zero-order valence-electron chi connectivity index (χ0n) is 9.34. The summed E-state index contributed by atoms with van der Waals surface area (Å²) in [7, 11) is 0. The number of H-pyrrole nitrogens is 1. The van der Waals surface area contributed by atoms with Gasteiger partial charge < -0.3 is 9.72 Å². The number of rotatable bonds is 1. The smallest absolute Gasteiger partial charge is 0.153 e. The molecule has 1 saturated heterocycles. The van der Waals surface area contributed by atoms with E-state index in [1.807, 2.05) is 0 Å². The van der Waals surface area contributed by atoms with Crippen LogP contribution in [0.4, 0.5) is 8.78 Å². The van der Waals surface area contributed by atoms with Crippen LogP contribution in [0, 0.1) is 17.6 Å². The number of fused-ring (bicyclic) bond motifs is 1. The summed E-state index contributed by atoms with van der Waals surface area (Å²) >= 11 is 0. The predicted molar refractivity (Wildman–Crippen MR) is 58.5 cm³/mol. The van der Waals surface area contributed by atoms with E-state index in [-0.39, 0.29) is 11.6 Å². The van der Waals surface area contributed by atoms with Gasteiger partial charge >= 0.3 is 0 Å². The molecule has 5 heteroatoms. The number of ether oxygens (including phenoxy) is 1. The Kier molecular flexibility index (Phi) is 2.36. The second kappa shape index (κ2) is 3.77. The minimum atomic E-state index is -0.645. The maximum absolute atomic E-state index is 13.5. The van der Waals surface area contributed by atoms with Crippen molar-refractivity contribution in [3.8, 4) is 0 Å². The Bertz CT molecular complexity index is 567. The molecule has 1 N–H and O–H groups in total. The van der Waals surface area contributed by atoms with Gasteiger partial charge in [-0.05, 0) is 18.4 Å². The first-order chi connectivity index (χ1) is 8.15. The van der Waals surface area contributed by atoms with Crippen molar-refractivity contribution in [3.05, 3.63) is 29.6 Å². The number of nitrogens with one attached hydrogen (secondary N) is 1. The minimum Gasteiger partial charge on any atom is -0.370 e. The number of imidazole rings is 1. The van der Waals surface area contributed by atoms with Crippen LogP contribution < -0.4 is 0 Å². The fraction of sp³-hybridized carbons (Fsp3) is 0.417. The number of halogens is 2. The van der Waals surface area contributed by atoms with Gasteiger partial charge in [0.05, 0.1) is 5.52 Å². The highest BCUT2D eigenvalue weighted by Gasteiger charge is 2.28. The van der Waals surface area contributed by atoms with Gasteiger partial charge in [-0.1, -0.05) is 6.92 Å². The maximum Gasteiger partial charge on any atom is 0.153 e. The Morgan fingerprint density at radius 2 is 2.24 bits per heavy atom. The molecular weight excluding hydrogens is 226 g/mol. The molecular formula is C12H12F2N2O. The average molecular weight is 238 g/mol. The van der Waals surface area contributed by atoms with Crippen LogP contribution in [0.15, 0.2) is 12.1 Å². The van der Waals surface area contributed by atoms with Gasteiger partial charge in [-0.3, -0.25) is 0 Å². The maximum atomic E-state index is 13.5. The molecule has 1 fully saturated rings. The van der Waals surface area contributed by atoms with E-state index in [4.69, 9.17) is 4.74 Å². The summed E-state index contributed by atoms with van der Waals surface area (Å²) in [5.41, 5.74) is 0.546. The van der Waals surface area contributed by atoms with E-state index in [0.29, 0.717) is 23.9 Å². The molecule has 1 aromatic carbocycles. The monoisotopic (exact) mass is 238 g/mol. The molecule has 1 aromatic heterocycles. The van der Waals surface area contributed by atoms with Crippen LogP contribution in [0.5, 0.6) is 0 Å². The van der Waals surface area contributed by atoms with Crippen molar-refractivity contribution in [2.75, 3.05) is 6.61 Å². The van der Waals surface area contributed by atoms with Gasteiger partial charge in [-0.15, -0.1) is 0 Å². The quantitative estimate of drug-likeness (QED) is 0.829. The van der Waals surface area contributed by atoms with E-state index in [0.717, 1.165) is 12.5 Å². The van der Waals surface area contributed by atoms with Gasteiger partial charge in [-0.2, -0.15) is 0 Å². The summed E-state index contributed by atoms with van der Waals surface area (Å²) in [5.74, 6) is -0.336. The lowest BCUT2D eigenvalue weighted by Gasteiger charge is -2.10. The van der Waals surface area contributed by atoms with Crippen molar-refractivity contribution in [3.63, 3.8) is 0 Å². The SMILES string of the molecule is CC1CCOC1c1nc2c(F)cc(F)cc2[nH]1. The third kappa shape index (κ3) is 1.70. The molecule has 1 aliphatic heterocycles. The molecule has 0 spiro atoms. The summed E-state index contributed by atoms with van der Waals surface area (Å²) < 4.78 is 32.1. The van der Waals surface area contributed by atoms with Crippen LogP contribution in [0.2, 0.25) is 0 Å². The highest BCUT2D eigenvalue weighted by atomic mass is 19.1. The standard InChI is InChI=1S/C12H12F2N2O/c1-6-2-3-17-11(6)12-15-9-5-7(13)4-8(14)10(9)16-12/h4-6,11H,2-3H2,1H3,(H,15,16). The Morgan fingerprint density at radius 1 is 1.41 bits per heavy atom. The van der Waals surface area contributed by atoms with E-state index in [2.05, 4.69) is 16.9 Å². The largest absolute Gasteiger partial charge is 0.370 e. The molecule has 90 valence electrons. The first-order valence-corrected chi connectivity index (χ1v) is 5.61. The first-order valence-electron chi connectivity index (χ1n) is 5.61. The molecule has 0 amide bonds. The van der Waals surface area contributed by atoms with Crippen molar-refractivity contribution < 1.29 is 13.5 Å². The van der Waals surface area contributed by atoms with Crippen molar-refractivity contribution in [2.24, 2.45) is 5.92 Å². The molecule has 0 aliphatic carbocycles. The number of hydrogen-bond donors (Lipinski definition) is 1. The zero-order valence-corrected chi connectivity index (χ0v) is 9.34. The number of aromatic nitrogens is 2. The summed E-state index contributed by atoms with van der Waals surface area (Å²) in [4.78, 5) is 7.10. The van der Waals surface area contributed by atoms with Gasteiger partial charge in [0.15, 0.2) is 5.82 Å². The Labute approximate surface area is 96.8 Å². The molecule has 2 heterocycles. The molecule has 1 aliphatic rings. The molecule has 0 radical (unpaired) electrons. The van der Waals surface area contributed by atoms with Crippen LogP contribution in [-0.2, 0) is 4.74 Å². The van der Waals surface area contributed by atoms with Crippen LogP contribution in [0.3, 0.4) is 0 Å². The molecule has 2 aromatic rings. The second-order valence-electron chi connectivity index (χ2n) is 4.46. The Balaban J connectivity index is 2.10. The Hall–Kier alpha value is -1.49. The summed E-state index contributed by atoms with van der Waals surface area (Å²) in [6.45, 7) is 2.74. The second-order valence-corrected chi connectivity index (χ2v) is 4.46. The summed E-state index contributed by atoms with van der Waals surface area (Å²) in [6.07, 6.45) is 0.809. The van der Waals surface area contributed by atoms with Gasteiger partial charge in [0.25, 0.3) is 0 Å². The highest BCUT2D eigenvalue weighted by molar-refractivity contribution is 5.75. The lowest BCUT2D eigenvalue weighted by molar-refractivity contribution is 0.0882. The van der Waals surface area contributed by atoms with Crippen LogP contribution in [-0.4, -0.2) is 16.6 Å². The fourth-order valence-corrected chi connectivity index (χ4v) is 2.24. The summed E-state index contributed by atoms with van der Waals surface area (Å²) in [5, 5.41) is 0. The van der Waals surface area contributed by atoms with Gasteiger partial charge in [-0.25, -0.2) is 13.8 Å². The van der Waals surface area contributed by atoms with Crippen molar-refractivity contribution in [2.45, 2.75) is 19.4 Å². The first kappa shape index (κ1) is 10.7. The molecule has 0 bridgehead atoms. The van der Waals surface area contributed by atoms with Crippen molar-refractivity contribution in [1.82, 2.24) is 9.97 Å². The third-order valence-electron chi connectivity index (χ3n) is 3.18. The molecule has 0 saturated carbocycles. The normalized spacial score (nSPS) is 24.6. The van der Waals surface area contributed by atoms with E-state index in [1.165, 1.54) is 6.07 Å². The molecule has 3 rings (SSSR count). The average Bonchev–Trinajstić information content (AvgIpc) is 2.83. The number of benzene rings is 1. The number of hydrogen-bond acceptors (Lipinski definition) is 2. The summed E-state index contributed by atoms with van der Waals surface area (Å²) in [6, 6.07) is 2.08.